The Labute approximate surface area is 168 Å². The lowest BCUT2D eigenvalue weighted by atomic mass is 9.92. The van der Waals surface area contributed by atoms with E-state index in [0.717, 1.165) is 18.2 Å². The number of anilines is 2. The summed E-state index contributed by atoms with van der Waals surface area (Å²) in [6.45, 7) is 1.76. The van der Waals surface area contributed by atoms with E-state index in [0.29, 0.717) is 11.4 Å². The first-order chi connectivity index (χ1) is 14.2. The number of ketones is 1. The van der Waals surface area contributed by atoms with Gasteiger partial charge in [-0.15, -0.1) is 0 Å². The molecule has 156 valence electrons. The molecule has 2 aromatic carbocycles. The van der Waals surface area contributed by atoms with E-state index >= 15 is 0 Å². The van der Waals surface area contributed by atoms with Crippen molar-refractivity contribution in [2.24, 2.45) is 0 Å². The third kappa shape index (κ3) is 3.90. The summed E-state index contributed by atoms with van der Waals surface area (Å²) in [6, 6.07) is 7.15. The summed E-state index contributed by atoms with van der Waals surface area (Å²) < 4.78 is 30.4. The van der Waals surface area contributed by atoms with Crippen molar-refractivity contribution in [3.63, 3.8) is 0 Å². The fourth-order valence-corrected chi connectivity index (χ4v) is 3.03. The van der Waals surface area contributed by atoms with Gasteiger partial charge in [0.1, 0.15) is 11.6 Å². The number of Topliss-reactive ketones (excluding diaryl/α,β-unsaturated/α-hetero) is 1. The molecule has 0 fully saturated rings. The Hall–Kier alpha value is -3.66. The number of esters is 1. The summed E-state index contributed by atoms with van der Waals surface area (Å²) in [5.74, 6) is -3.95. The zero-order chi connectivity index (χ0) is 22.1. The number of ether oxygens (including phenoxy) is 1. The molecule has 0 aliphatic carbocycles. The summed E-state index contributed by atoms with van der Waals surface area (Å²) in [5.41, 5.74) is -1.22. The van der Waals surface area contributed by atoms with Gasteiger partial charge in [-0.1, -0.05) is 0 Å². The van der Waals surface area contributed by atoms with Crippen molar-refractivity contribution < 1.29 is 37.8 Å². The monoisotopic (exact) mass is 418 g/mol. The molecule has 0 spiro atoms. The van der Waals surface area contributed by atoms with Gasteiger partial charge in [0.25, 0.3) is 17.6 Å². The maximum atomic E-state index is 13.2. The number of fused-ring (bicyclic) bond motifs is 2. The lowest BCUT2D eigenvalue weighted by Gasteiger charge is -2.19. The number of hydrogen-bond donors (Lipinski definition) is 3. The molecule has 10 heteroatoms. The molecule has 8 nitrogen and oxygen atoms in total. The van der Waals surface area contributed by atoms with Gasteiger partial charge >= 0.3 is 5.97 Å². The molecule has 3 N–H and O–H groups in total. The first-order valence-corrected chi connectivity index (χ1v) is 8.80. The molecule has 0 saturated carbocycles. The molecule has 0 saturated heterocycles. The molecule has 30 heavy (non-hydrogen) atoms. The van der Waals surface area contributed by atoms with Crippen LogP contribution in [0.15, 0.2) is 36.4 Å². The molecule has 1 atom stereocenters. The molecule has 0 aromatic heterocycles. The third-order valence-corrected chi connectivity index (χ3v) is 4.44. The van der Waals surface area contributed by atoms with Crippen LogP contribution < -0.4 is 10.6 Å². The minimum Gasteiger partial charge on any atom is -0.466 e. The topological polar surface area (TPSA) is 122 Å². The highest BCUT2D eigenvalue weighted by Gasteiger charge is 2.47. The van der Waals surface area contributed by atoms with Crippen LogP contribution in [0.4, 0.5) is 20.2 Å². The smallest absolute Gasteiger partial charge is 0.309 e. The quantitative estimate of drug-likeness (QED) is 0.517. The highest BCUT2D eigenvalue weighted by Crippen LogP contribution is 2.38. The summed E-state index contributed by atoms with van der Waals surface area (Å²) >= 11 is 0. The number of carbonyl (C=O) groups is 4. The van der Waals surface area contributed by atoms with Gasteiger partial charge in [0.2, 0.25) is 0 Å². The number of rotatable bonds is 3. The number of amides is 2. The van der Waals surface area contributed by atoms with Gasteiger partial charge < -0.3 is 20.5 Å². The zero-order valence-electron chi connectivity index (χ0n) is 15.6. The Bertz CT molecular complexity index is 1070. The van der Waals surface area contributed by atoms with Crippen LogP contribution in [0.2, 0.25) is 0 Å². The van der Waals surface area contributed by atoms with E-state index in [4.69, 9.17) is 0 Å². The van der Waals surface area contributed by atoms with E-state index in [1.807, 2.05) is 0 Å². The molecule has 2 amide bonds. The molecule has 0 bridgehead atoms. The largest absolute Gasteiger partial charge is 0.466 e. The van der Waals surface area contributed by atoms with Crippen LogP contribution in [0.1, 0.15) is 29.3 Å². The molecule has 2 aromatic rings. The summed E-state index contributed by atoms with van der Waals surface area (Å²) in [4.78, 5) is 44.8. The van der Waals surface area contributed by atoms with E-state index in [1.54, 1.807) is 6.92 Å². The highest BCUT2D eigenvalue weighted by molar-refractivity contribution is 6.51. The molecule has 1 unspecified atom stereocenters. The van der Waals surface area contributed by atoms with Crippen molar-refractivity contribution in [1.29, 1.82) is 0 Å². The Morgan fingerprint density at radius 1 is 1.03 bits per heavy atom. The molecule has 2 aliphatic rings. The number of halogens is 2. The Morgan fingerprint density at radius 3 is 2.33 bits per heavy atom. The third-order valence-electron chi connectivity index (χ3n) is 4.44. The normalized spacial score (nSPS) is 18.6. The zero-order valence-corrected chi connectivity index (χ0v) is 15.6. The predicted octanol–water partition coefficient (Wildman–Crippen LogP) is 1.88. The Balaban J connectivity index is 0.000000184. The van der Waals surface area contributed by atoms with E-state index < -0.39 is 47.2 Å². The van der Waals surface area contributed by atoms with Gasteiger partial charge in [-0.2, -0.15) is 0 Å². The molecule has 4 rings (SSSR count). The van der Waals surface area contributed by atoms with Gasteiger partial charge in [0.15, 0.2) is 5.60 Å². The molecule has 0 radical (unpaired) electrons. The Morgan fingerprint density at radius 2 is 1.67 bits per heavy atom. The van der Waals surface area contributed by atoms with Crippen molar-refractivity contribution in [1.82, 2.24) is 0 Å². The second-order valence-electron chi connectivity index (χ2n) is 6.46. The Kier molecular flexibility index (Phi) is 5.61. The summed E-state index contributed by atoms with van der Waals surface area (Å²) in [5, 5.41) is 15.0. The van der Waals surface area contributed by atoms with Crippen LogP contribution in [0.3, 0.4) is 0 Å². The molecule has 2 aliphatic heterocycles. The van der Waals surface area contributed by atoms with Crippen molar-refractivity contribution in [2.75, 3.05) is 17.2 Å². The van der Waals surface area contributed by atoms with Crippen molar-refractivity contribution in [2.45, 2.75) is 18.9 Å². The van der Waals surface area contributed by atoms with Crippen LogP contribution in [-0.4, -0.2) is 35.3 Å². The fourth-order valence-electron chi connectivity index (χ4n) is 3.03. The van der Waals surface area contributed by atoms with E-state index in [2.05, 4.69) is 15.4 Å². The van der Waals surface area contributed by atoms with E-state index in [9.17, 15) is 33.1 Å². The first-order valence-electron chi connectivity index (χ1n) is 8.80. The van der Waals surface area contributed by atoms with Gasteiger partial charge in [0, 0.05) is 11.3 Å². The van der Waals surface area contributed by atoms with Crippen LogP contribution in [0, 0.1) is 11.6 Å². The maximum absolute atomic E-state index is 13.2. The lowest BCUT2D eigenvalue weighted by molar-refractivity contribution is -0.154. The molecular weight excluding hydrogens is 402 g/mol. The SMILES string of the molecule is CCOC(=O)CC1(O)C(=O)Nc2ccc(F)cc21.O=C1Nc2ccc(F)cc2C1=O. The number of aliphatic hydroxyl groups is 1. The predicted molar refractivity (Wildman–Crippen MR) is 99.5 cm³/mol. The summed E-state index contributed by atoms with van der Waals surface area (Å²) in [6.07, 6.45) is -0.539. The van der Waals surface area contributed by atoms with E-state index in [-0.39, 0.29) is 17.7 Å². The highest BCUT2D eigenvalue weighted by atomic mass is 19.1. The average molecular weight is 418 g/mol. The fraction of sp³-hybridized carbons (Fsp3) is 0.200. The summed E-state index contributed by atoms with van der Waals surface area (Å²) in [7, 11) is 0. The van der Waals surface area contributed by atoms with Crippen LogP contribution in [0.5, 0.6) is 0 Å². The van der Waals surface area contributed by atoms with Crippen molar-refractivity contribution >= 4 is 34.9 Å². The van der Waals surface area contributed by atoms with E-state index in [1.165, 1.54) is 18.2 Å². The number of carbonyl (C=O) groups excluding carboxylic acids is 4. The average Bonchev–Trinajstić information content (AvgIpc) is 3.10. The second kappa shape index (κ2) is 7.99. The van der Waals surface area contributed by atoms with Crippen LogP contribution in [0.25, 0.3) is 0 Å². The van der Waals surface area contributed by atoms with Gasteiger partial charge in [-0.05, 0) is 43.3 Å². The number of hydrogen-bond acceptors (Lipinski definition) is 6. The second-order valence-corrected chi connectivity index (χ2v) is 6.46. The van der Waals surface area contributed by atoms with Crippen molar-refractivity contribution in [3.05, 3.63) is 59.2 Å². The minimum absolute atomic E-state index is 0.0561. The van der Waals surface area contributed by atoms with Crippen LogP contribution in [-0.2, 0) is 24.7 Å². The lowest BCUT2D eigenvalue weighted by Crippen LogP contribution is -2.37. The van der Waals surface area contributed by atoms with Crippen LogP contribution >= 0.6 is 0 Å². The van der Waals surface area contributed by atoms with Gasteiger partial charge in [-0.3, -0.25) is 19.2 Å². The van der Waals surface area contributed by atoms with Crippen molar-refractivity contribution in [3.8, 4) is 0 Å². The van der Waals surface area contributed by atoms with Gasteiger partial charge in [-0.25, -0.2) is 8.78 Å². The number of nitrogens with one attached hydrogen (secondary N) is 2. The standard InChI is InChI=1S/C12H12FNO4.C8H4FNO2/c1-2-18-10(15)6-12(17)8-5-7(13)3-4-9(8)14-11(12)16;9-4-1-2-6-5(3-4)7(11)8(12)10-6/h3-5,17H,2,6H2,1H3,(H,14,16);1-3H,(H,10,11,12). The molecule has 2 heterocycles. The number of benzene rings is 2. The minimum atomic E-state index is -2.07. The maximum Gasteiger partial charge on any atom is 0.309 e. The van der Waals surface area contributed by atoms with Gasteiger partial charge in [0.05, 0.1) is 24.3 Å². The first kappa shape index (κ1) is 21.1. The molecular formula is C20H16F2N2O6.